The van der Waals surface area contributed by atoms with Gasteiger partial charge in [-0.25, -0.2) is 9.97 Å². The molecule has 1 aliphatic carbocycles. The standard InChI is InChI=1S/C44H31N3/c1-44(2)37-19-10-9-18-35(37)42-38(44)25-24-36(41(42)32-22-20-30(21-23-32)34-17-11-12-29(26-34)28-45)40-27-39(31-13-5-3-6-14-31)46-43(47-40)33-15-7-4-8-16-33/h3-27H,1-2H3. The summed E-state index contributed by atoms with van der Waals surface area (Å²) in [4.78, 5) is 10.3. The van der Waals surface area contributed by atoms with Gasteiger partial charge in [-0.3, -0.25) is 0 Å². The van der Waals surface area contributed by atoms with Crippen molar-refractivity contribution in [3.8, 4) is 73.4 Å². The lowest BCUT2D eigenvalue weighted by atomic mass is 9.81. The van der Waals surface area contributed by atoms with Crippen LogP contribution >= 0.6 is 0 Å². The smallest absolute Gasteiger partial charge is 0.160 e. The average Bonchev–Trinajstić information content (AvgIpc) is 3.38. The van der Waals surface area contributed by atoms with Crippen LogP contribution in [0, 0.1) is 11.3 Å². The highest BCUT2D eigenvalue weighted by atomic mass is 14.9. The zero-order valence-electron chi connectivity index (χ0n) is 26.3. The molecule has 7 aromatic rings. The minimum Gasteiger partial charge on any atom is -0.228 e. The van der Waals surface area contributed by atoms with Gasteiger partial charge in [0.05, 0.1) is 23.0 Å². The van der Waals surface area contributed by atoms with Crippen molar-refractivity contribution in [2.24, 2.45) is 0 Å². The van der Waals surface area contributed by atoms with Crippen molar-refractivity contribution in [1.82, 2.24) is 9.97 Å². The summed E-state index contributed by atoms with van der Waals surface area (Å²) in [5.74, 6) is 0.696. The number of hydrogen-bond donors (Lipinski definition) is 0. The molecule has 3 heteroatoms. The first-order chi connectivity index (χ1) is 23.0. The second kappa shape index (κ2) is 11.4. The van der Waals surface area contributed by atoms with E-state index in [1.807, 2.05) is 54.6 Å². The third-order valence-corrected chi connectivity index (χ3v) is 9.35. The van der Waals surface area contributed by atoms with E-state index in [1.54, 1.807) is 0 Å². The Bertz CT molecular complexity index is 2260. The fourth-order valence-corrected chi connectivity index (χ4v) is 6.96. The highest BCUT2D eigenvalue weighted by Gasteiger charge is 2.37. The first kappa shape index (κ1) is 28.4. The molecule has 0 aliphatic heterocycles. The molecule has 0 saturated carbocycles. The molecule has 3 nitrogen and oxygen atoms in total. The fourth-order valence-electron chi connectivity index (χ4n) is 6.96. The molecule has 0 spiro atoms. The Kier molecular flexibility index (Phi) is 6.85. The molecule has 6 aromatic carbocycles. The van der Waals surface area contributed by atoms with Crippen molar-refractivity contribution >= 4 is 0 Å². The van der Waals surface area contributed by atoms with Crippen LogP contribution < -0.4 is 0 Å². The van der Waals surface area contributed by atoms with Crippen LogP contribution in [0.3, 0.4) is 0 Å². The van der Waals surface area contributed by atoms with Crippen LogP contribution in [0.2, 0.25) is 0 Å². The molecule has 0 saturated heterocycles. The van der Waals surface area contributed by atoms with E-state index in [-0.39, 0.29) is 5.41 Å². The molecule has 0 radical (unpaired) electrons. The summed E-state index contributed by atoms with van der Waals surface area (Å²) in [6.45, 7) is 4.64. The number of hydrogen-bond acceptors (Lipinski definition) is 3. The Morgan fingerprint density at radius 2 is 1.11 bits per heavy atom. The summed E-state index contributed by atoms with van der Waals surface area (Å²) in [6.07, 6.45) is 0. The van der Waals surface area contributed by atoms with Crippen molar-refractivity contribution in [2.75, 3.05) is 0 Å². The van der Waals surface area contributed by atoms with Crippen molar-refractivity contribution in [3.63, 3.8) is 0 Å². The first-order valence-corrected chi connectivity index (χ1v) is 15.9. The summed E-state index contributed by atoms with van der Waals surface area (Å²) in [7, 11) is 0. The Hall–Kier alpha value is -6.11. The molecule has 222 valence electrons. The van der Waals surface area contributed by atoms with E-state index in [1.165, 1.54) is 22.3 Å². The zero-order chi connectivity index (χ0) is 32.0. The van der Waals surface area contributed by atoms with Crippen LogP contribution in [0.25, 0.3) is 67.3 Å². The van der Waals surface area contributed by atoms with Crippen LogP contribution in [0.4, 0.5) is 0 Å². The van der Waals surface area contributed by atoms with Gasteiger partial charge in [0.15, 0.2) is 5.82 Å². The number of rotatable bonds is 5. The zero-order valence-corrected chi connectivity index (χ0v) is 26.3. The SMILES string of the molecule is CC1(C)c2ccccc2-c2c1ccc(-c1cc(-c3ccccc3)nc(-c3ccccc3)n1)c2-c1ccc(-c2cccc(C#N)c2)cc1. The quantitative estimate of drug-likeness (QED) is 0.197. The lowest BCUT2D eigenvalue weighted by Crippen LogP contribution is -2.14. The number of nitrogens with zero attached hydrogens (tertiary/aromatic N) is 3. The molecule has 1 heterocycles. The molecular weight excluding hydrogens is 571 g/mol. The van der Waals surface area contributed by atoms with Gasteiger partial charge in [-0.15, -0.1) is 0 Å². The molecule has 47 heavy (non-hydrogen) atoms. The van der Waals surface area contributed by atoms with E-state index in [2.05, 4.69) is 117 Å². The summed E-state index contributed by atoms with van der Waals surface area (Å²) >= 11 is 0. The summed E-state index contributed by atoms with van der Waals surface area (Å²) < 4.78 is 0. The van der Waals surface area contributed by atoms with E-state index in [0.717, 1.165) is 50.3 Å². The monoisotopic (exact) mass is 601 g/mol. The molecule has 8 rings (SSSR count). The molecular formula is C44H31N3. The first-order valence-electron chi connectivity index (χ1n) is 15.9. The maximum absolute atomic E-state index is 9.48. The topological polar surface area (TPSA) is 49.6 Å². The molecule has 1 aromatic heterocycles. The molecule has 0 N–H and O–H groups in total. The molecule has 0 atom stereocenters. The lowest BCUT2D eigenvalue weighted by Gasteiger charge is -2.23. The highest BCUT2D eigenvalue weighted by molar-refractivity contribution is 6.00. The van der Waals surface area contributed by atoms with Gasteiger partial charge in [0.25, 0.3) is 0 Å². The molecule has 0 bridgehead atoms. The summed E-state index contributed by atoms with van der Waals surface area (Å²) in [5, 5.41) is 9.48. The van der Waals surface area contributed by atoms with Crippen molar-refractivity contribution in [2.45, 2.75) is 19.3 Å². The maximum atomic E-state index is 9.48. The van der Waals surface area contributed by atoms with Crippen LogP contribution in [0.5, 0.6) is 0 Å². The van der Waals surface area contributed by atoms with Crippen LogP contribution in [0.1, 0.15) is 30.5 Å². The summed E-state index contributed by atoms with van der Waals surface area (Å²) in [5.41, 5.74) is 14.9. The van der Waals surface area contributed by atoms with Gasteiger partial charge in [-0.05, 0) is 62.7 Å². The third-order valence-electron chi connectivity index (χ3n) is 9.35. The Balaban J connectivity index is 1.39. The average molecular weight is 602 g/mol. The molecule has 0 fully saturated rings. The minimum absolute atomic E-state index is 0.146. The van der Waals surface area contributed by atoms with Gasteiger partial charge in [0.2, 0.25) is 0 Å². The second-order valence-electron chi connectivity index (χ2n) is 12.5. The lowest BCUT2D eigenvalue weighted by molar-refractivity contribution is 0.660. The minimum atomic E-state index is -0.146. The third kappa shape index (κ3) is 4.92. The number of benzene rings is 6. The number of fused-ring (bicyclic) bond motifs is 3. The van der Waals surface area contributed by atoms with E-state index < -0.39 is 0 Å². The van der Waals surface area contributed by atoms with E-state index in [0.29, 0.717) is 11.4 Å². The van der Waals surface area contributed by atoms with Crippen LogP contribution in [-0.2, 0) is 5.41 Å². The maximum Gasteiger partial charge on any atom is 0.160 e. The number of aromatic nitrogens is 2. The van der Waals surface area contributed by atoms with Gasteiger partial charge >= 0.3 is 0 Å². The predicted molar refractivity (Wildman–Crippen MR) is 191 cm³/mol. The normalized spacial score (nSPS) is 12.6. The van der Waals surface area contributed by atoms with Gasteiger partial charge < -0.3 is 0 Å². The van der Waals surface area contributed by atoms with Crippen LogP contribution in [0.15, 0.2) is 152 Å². The van der Waals surface area contributed by atoms with E-state index in [4.69, 9.17) is 9.97 Å². The van der Waals surface area contributed by atoms with E-state index >= 15 is 0 Å². The van der Waals surface area contributed by atoms with Crippen molar-refractivity contribution in [3.05, 3.63) is 168 Å². The van der Waals surface area contributed by atoms with Gasteiger partial charge in [-0.1, -0.05) is 147 Å². The number of nitriles is 1. The molecule has 0 amide bonds. The predicted octanol–water partition coefficient (Wildman–Crippen LogP) is 11.0. The Labute approximate surface area is 275 Å². The van der Waals surface area contributed by atoms with Crippen LogP contribution in [-0.4, -0.2) is 9.97 Å². The van der Waals surface area contributed by atoms with E-state index in [9.17, 15) is 5.26 Å². The van der Waals surface area contributed by atoms with Gasteiger partial charge in [0, 0.05) is 22.1 Å². The van der Waals surface area contributed by atoms with Crippen molar-refractivity contribution < 1.29 is 0 Å². The summed E-state index contributed by atoms with van der Waals surface area (Å²) in [6, 6.07) is 54.8. The highest BCUT2D eigenvalue weighted by Crippen LogP contribution is 2.54. The Morgan fingerprint density at radius 1 is 0.468 bits per heavy atom. The van der Waals surface area contributed by atoms with Gasteiger partial charge in [0.1, 0.15) is 0 Å². The second-order valence-corrected chi connectivity index (χ2v) is 12.5. The Morgan fingerprint density at radius 3 is 1.85 bits per heavy atom. The van der Waals surface area contributed by atoms with Gasteiger partial charge in [-0.2, -0.15) is 5.26 Å². The fraction of sp³-hybridized carbons (Fsp3) is 0.0682. The van der Waals surface area contributed by atoms with Crippen molar-refractivity contribution in [1.29, 1.82) is 5.26 Å². The largest absolute Gasteiger partial charge is 0.228 e. The molecule has 0 unspecified atom stereocenters. The molecule has 1 aliphatic rings.